The lowest BCUT2D eigenvalue weighted by Crippen LogP contribution is -2.61. The van der Waals surface area contributed by atoms with Gasteiger partial charge >= 0.3 is 0 Å². The normalized spacial score (nSPS) is 46.5. The molecule has 4 aliphatic carbocycles. The van der Waals surface area contributed by atoms with E-state index >= 15 is 0 Å². The van der Waals surface area contributed by atoms with E-state index in [0.29, 0.717) is 40.9 Å². The minimum atomic E-state index is -1.07. The first-order valence-electron chi connectivity index (χ1n) is 9.71. The van der Waals surface area contributed by atoms with Crippen LogP contribution in [0, 0.1) is 29.1 Å². The number of allylic oxidation sites excluding steroid dienone is 3. The molecule has 0 aromatic heterocycles. The standard InChI is InChI=1S/C21H29ClO3/c1-20-10-9-16-15-6-4-14(23)11-13(15)3-5-17(16)18(20)7-8-19(22)21(20,24)12-25-2/h8,11,15-18,24H,3-7,9-10,12H2,1-2H3/t15-,16+,17+,18-,20-,21?/m0/s1. The number of carbonyl (C=O) groups excluding carboxylic acids is 1. The van der Waals surface area contributed by atoms with Crippen molar-refractivity contribution in [3.05, 3.63) is 22.8 Å². The molecule has 138 valence electrons. The third-order valence-corrected chi connectivity index (χ3v) is 8.40. The molecule has 0 saturated heterocycles. The number of halogens is 1. The third kappa shape index (κ3) is 2.49. The fourth-order valence-electron chi connectivity index (χ4n) is 6.56. The molecule has 0 aromatic carbocycles. The molecule has 0 spiro atoms. The number of carbonyl (C=O) groups is 1. The predicted molar refractivity (Wildman–Crippen MR) is 98.2 cm³/mol. The van der Waals surface area contributed by atoms with Crippen LogP contribution in [0.5, 0.6) is 0 Å². The Labute approximate surface area is 155 Å². The number of ketones is 1. The molecule has 4 aliphatic rings. The summed E-state index contributed by atoms with van der Waals surface area (Å²) in [6.45, 7) is 2.48. The van der Waals surface area contributed by atoms with Crippen LogP contribution in [0.15, 0.2) is 22.8 Å². The van der Waals surface area contributed by atoms with Gasteiger partial charge in [-0.05, 0) is 68.3 Å². The summed E-state index contributed by atoms with van der Waals surface area (Å²) < 4.78 is 5.38. The Bertz CT molecular complexity index is 639. The molecule has 2 fully saturated rings. The van der Waals surface area contributed by atoms with Crippen LogP contribution >= 0.6 is 11.6 Å². The van der Waals surface area contributed by atoms with E-state index in [4.69, 9.17) is 16.3 Å². The van der Waals surface area contributed by atoms with Crippen LogP contribution < -0.4 is 0 Å². The van der Waals surface area contributed by atoms with Gasteiger partial charge in [0.1, 0.15) is 5.60 Å². The molecule has 0 bridgehead atoms. The maximum Gasteiger partial charge on any atom is 0.155 e. The summed E-state index contributed by atoms with van der Waals surface area (Å²) in [7, 11) is 1.64. The summed E-state index contributed by atoms with van der Waals surface area (Å²) in [4.78, 5) is 11.8. The first-order valence-corrected chi connectivity index (χ1v) is 10.1. The van der Waals surface area contributed by atoms with E-state index in [-0.39, 0.29) is 12.0 Å². The summed E-state index contributed by atoms with van der Waals surface area (Å²) in [5.41, 5.74) is 0.0926. The smallest absolute Gasteiger partial charge is 0.155 e. The molecule has 0 aromatic rings. The summed E-state index contributed by atoms with van der Waals surface area (Å²) >= 11 is 6.50. The van der Waals surface area contributed by atoms with Crippen LogP contribution in [0.2, 0.25) is 0 Å². The Morgan fingerprint density at radius 3 is 2.84 bits per heavy atom. The fraction of sp³-hybridized carbons (Fsp3) is 0.762. The van der Waals surface area contributed by atoms with E-state index in [1.54, 1.807) is 7.11 Å². The molecule has 4 rings (SSSR count). The van der Waals surface area contributed by atoms with Crippen molar-refractivity contribution in [2.24, 2.45) is 29.1 Å². The van der Waals surface area contributed by atoms with E-state index in [1.807, 2.05) is 12.2 Å². The van der Waals surface area contributed by atoms with Gasteiger partial charge in [-0.2, -0.15) is 0 Å². The first-order chi connectivity index (χ1) is 11.9. The van der Waals surface area contributed by atoms with Crippen LogP contribution in [0.1, 0.15) is 51.9 Å². The molecular weight excluding hydrogens is 336 g/mol. The van der Waals surface area contributed by atoms with Gasteiger partial charge in [-0.1, -0.05) is 30.2 Å². The monoisotopic (exact) mass is 364 g/mol. The van der Waals surface area contributed by atoms with Crippen molar-refractivity contribution in [1.82, 2.24) is 0 Å². The molecule has 25 heavy (non-hydrogen) atoms. The summed E-state index contributed by atoms with van der Waals surface area (Å²) in [5.74, 6) is 2.60. The number of ether oxygens (including phenoxy) is 1. The lowest BCUT2D eigenvalue weighted by atomic mass is 9.46. The maximum absolute atomic E-state index is 11.8. The highest BCUT2D eigenvalue weighted by Crippen LogP contribution is 2.63. The zero-order valence-corrected chi connectivity index (χ0v) is 16.0. The van der Waals surface area contributed by atoms with Crippen molar-refractivity contribution < 1.29 is 14.6 Å². The molecule has 0 heterocycles. The second-order valence-corrected chi connectivity index (χ2v) is 9.25. The minimum absolute atomic E-state index is 0.234. The molecular formula is C21H29ClO3. The lowest BCUT2D eigenvalue weighted by molar-refractivity contribution is -0.163. The van der Waals surface area contributed by atoms with Crippen molar-refractivity contribution in [2.75, 3.05) is 13.7 Å². The van der Waals surface area contributed by atoms with Crippen LogP contribution in [0.25, 0.3) is 0 Å². The van der Waals surface area contributed by atoms with E-state index in [9.17, 15) is 9.90 Å². The van der Waals surface area contributed by atoms with Crippen molar-refractivity contribution in [3.8, 4) is 0 Å². The summed E-state index contributed by atoms with van der Waals surface area (Å²) in [5, 5.41) is 12.0. The summed E-state index contributed by atoms with van der Waals surface area (Å²) in [6.07, 6.45) is 10.9. The highest BCUT2D eigenvalue weighted by atomic mass is 35.5. The molecule has 2 saturated carbocycles. The van der Waals surface area contributed by atoms with Crippen molar-refractivity contribution in [3.63, 3.8) is 0 Å². The molecule has 4 heteroatoms. The third-order valence-electron chi connectivity index (χ3n) is 7.93. The van der Waals surface area contributed by atoms with Gasteiger partial charge in [-0.15, -0.1) is 0 Å². The van der Waals surface area contributed by atoms with Gasteiger partial charge in [0.2, 0.25) is 0 Å². The molecule has 0 radical (unpaired) electrons. The van der Waals surface area contributed by atoms with Gasteiger partial charge in [0.25, 0.3) is 0 Å². The molecule has 6 atom stereocenters. The lowest BCUT2D eigenvalue weighted by Gasteiger charge is -2.61. The molecule has 1 unspecified atom stereocenters. The van der Waals surface area contributed by atoms with Crippen molar-refractivity contribution in [1.29, 1.82) is 0 Å². The first kappa shape index (κ1) is 17.8. The van der Waals surface area contributed by atoms with Crippen LogP contribution in [-0.2, 0) is 9.53 Å². The topological polar surface area (TPSA) is 46.5 Å². The Balaban J connectivity index is 1.67. The summed E-state index contributed by atoms with van der Waals surface area (Å²) in [6, 6.07) is 0. The largest absolute Gasteiger partial charge is 0.381 e. The average molecular weight is 365 g/mol. The highest BCUT2D eigenvalue weighted by molar-refractivity contribution is 6.30. The van der Waals surface area contributed by atoms with Gasteiger partial charge in [-0.3, -0.25) is 4.79 Å². The predicted octanol–water partition coefficient (Wildman–Crippen LogP) is 4.24. The van der Waals surface area contributed by atoms with Gasteiger partial charge in [-0.25, -0.2) is 0 Å². The Kier molecular flexibility index (Phi) is 4.41. The van der Waals surface area contributed by atoms with Crippen molar-refractivity contribution >= 4 is 17.4 Å². The second kappa shape index (κ2) is 6.21. The number of fused-ring (bicyclic) bond motifs is 5. The number of aliphatic hydroxyl groups is 1. The van der Waals surface area contributed by atoms with E-state index < -0.39 is 5.60 Å². The zero-order valence-electron chi connectivity index (χ0n) is 15.3. The van der Waals surface area contributed by atoms with Gasteiger partial charge in [0.15, 0.2) is 5.78 Å². The highest BCUT2D eigenvalue weighted by Gasteiger charge is 2.61. The van der Waals surface area contributed by atoms with Crippen LogP contribution in [0.3, 0.4) is 0 Å². The van der Waals surface area contributed by atoms with E-state index in [0.717, 1.165) is 38.5 Å². The van der Waals surface area contributed by atoms with Gasteiger partial charge in [0, 0.05) is 24.0 Å². The number of hydrogen-bond acceptors (Lipinski definition) is 3. The quantitative estimate of drug-likeness (QED) is 0.797. The second-order valence-electron chi connectivity index (χ2n) is 8.84. The van der Waals surface area contributed by atoms with E-state index in [1.165, 1.54) is 5.57 Å². The molecule has 0 amide bonds. The minimum Gasteiger partial charge on any atom is -0.381 e. The van der Waals surface area contributed by atoms with Gasteiger partial charge in [0.05, 0.1) is 6.61 Å². The van der Waals surface area contributed by atoms with Crippen LogP contribution in [-0.4, -0.2) is 30.2 Å². The number of methoxy groups -OCH3 is 1. The number of rotatable bonds is 2. The van der Waals surface area contributed by atoms with Crippen LogP contribution in [0.4, 0.5) is 0 Å². The fourth-order valence-corrected chi connectivity index (χ4v) is 6.92. The zero-order chi connectivity index (χ0) is 17.8. The molecule has 3 nitrogen and oxygen atoms in total. The van der Waals surface area contributed by atoms with E-state index in [2.05, 4.69) is 6.92 Å². The maximum atomic E-state index is 11.8. The Morgan fingerprint density at radius 1 is 1.28 bits per heavy atom. The SMILES string of the molecule is COCC1(O)C(Cl)=CC[C@H]2[C@@H]3CCC4=CC(=O)CC[C@@H]4[C@H]3CC[C@@]21C. The van der Waals surface area contributed by atoms with Crippen molar-refractivity contribution in [2.45, 2.75) is 57.5 Å². The molecule has 1 N–H and O–H groups in total. The Morgan fingerprint density at radius 2 is 2.08 bits per heavy atom. The Hall–Kier alpha value is -0.640. The molecule has 0 aliphatic heterocycles. The average Bonchev–Trinajstić information content (AvgIpc) is 2.59. The number of hydrogen-bond donors (Lipinski definition) is 1. The van der Waals surface area contributed by atoms with Gasteiger partial charge < -0.3 is 9.84 Å².